The van der Waals surface area contributed by atoms with Crippen LogP contribution in [0.3, 0.4) is 0 Å². The molecule has 6 heteroatoms. The SMILES string of the molecule is COc1ccc(-c2nc3ccc4nccnc4c3nc2-c2ccc(OC)cc2)cc1. The predicted octanol–water partition coefficient (Wildman–Crippen LogP) is 4.92. The molecule has 5 aromatic rings. The molecule has 6 nitrogen and oxygen atoms in total. The van der Waals surface area contributed by atoms with Crippen LogP contribution in [0, 0.1) is 0 Å². The number of methoxy groups -OCH3 is 2. The van der Waals surface area contributed by atoms with Crippen molar-refractivity contribution in [2.45, 2.75) is 0 Å². The number of ether oxygens (including phenoxy) is 2. The summed E-state index contributed by atoms with van der Waals surface area (Å²) in [5, 5.41) is 0. The van der Waals surface area contributed by atoms with Gasteiger partial charge in [-0.1, -0.05) is 0 Å². The van der Waals surface area contributed by atoms with Gasteiger partial charge in [0, 0.05) is 23.5 Å². The summed E-state index contributed by atoms with van der Waals surface area (Å²) in [5.74, 6) is 1.58. The molecule has 2 aromatic heterocycles. The van der Waals surface area contributed by atoms with Crippen molar-refractivity contribution >= 4 is 22.1 Å². The lowest BCUT2D eigenvalue weighted by molar-refractivity contribution is 0.414. The standard InChI is InChI=1S/C24H18N4O2/c1-29-17-7-3-15(4-8-17)21-22(16-5-9-18(30-2)10-6-16)28-24-20(27-21)12-11-19-23(24)26-14-13-25-19/h3-14H,1-2H3. The van der Waals surface area contributed by atoms with Crippen molar-refractivity contribution in [3.05, 3.63) is 73.1 Å². The van der Waals surface area contributed by atoms with Crippen LogP contribution in [0.1, 0.15) is 0 Å². The van der Waals surface area contributed by atoms with E-state index in [9.17, 15) is 0 Å². The molecule has 0 bridgehead atoms. The van der Waals surface area contributed by atoms with E-state index >= 15 is 0 Å². The number of fused-ring (bicyclic) bond motifs is 3. The molecule has 0 fully saturated rings. The lowest BCUT2D eigenvalue weighted by Gasteiger charge is -2.12. The van der Waals surface area contributed by atoms with E-state index in [0.29, 0.717) is 0 Å². The first-order chi connectivity index (χ1) is 14.8. The minimum absolute atomic E-state index is 0.726. The van der Waals surface area contributed by atoms with Gasteiger partial charge in [0.15, 0.2) is 0 Å². The van der Waals surface area contributed by atoms with E-state index in [2.05, 4.69) is 9.97 Å². The van der Waals surface area contributed by atoms with Gasteiger partial charge in [0.2, 0.25) is 0 Å². The third kappa shape index (κ3) is 3.08. The van der Waals surface area contributed by atoms with Crippen molar-refractivity contribution in [2.75, 3.05) is 14.2 Å². The van der Waals surface area contributed by atoms with Crippen LogP contribution < -0.4 is 9.47 Å². The van der Waals surface area contributed by atoms with Gasteiger partial charge < -0.3 is 9.47 Å². The summed E-state index contributed by atoms with van der Waals surface area (Å²) < 4.78 is 10.6. The van der Waals surface area contributed by atoms with Gasteiger partial charge in [-0.3, -0.25) is 9.97 Å². The zero-order valence-corrected chi connectivity index (χ0v) is 16.5. The molecule has 0 aliphatic heterocycles. The highest BCUT2D eigenvalue weighted by molar-refractivity contribution is 6.01. The normalized spacial score (nSPS) is 11.0. The average Bonchev–Trinajstić information content (AvgIpc) is 2.83. The van der Waals surface area contributed by atoms with Crippen LogP contribution >= 0.6 is 0 Å². The number of rotatable bonds is 4. The van der Waals surface area contributed by atoms with Crippen molar-refractivity contribution in [1.29, 1.82) is 0 Å². The minimum atomic E-state index is 0.726. The lowest BCUT2D eigenvalue weighted by atomic mass is 10.0. The van der Waals surface area contributed by atoms with Crippen LogP contribution in [0.4, 0.5) is 0 Å². The van der Waals surface area contributed by atoms with Crippen molar-refractivity contribution in [3.63, 3.8) is 0 Å². The van der Waals surface area contributed by atoms with E-state index in [1.807, 2.05) is 60.7 Å². The predicted molar refractivity (Wildman–Crippen MR) is 117 cm³/mol. The summed E-state index contributed by atoms with van der Waals surface area (Å²) in [7, 11) is 3.30. The molecule has 0 saturated heterocycles. The average molecular weight is 394 g/mol. The Hall–Kier alpha value is -4.06. The molecular formula is C24H18N4O2. The van der Waals surface area contributed by atoms with E-state index in [1.165, 1.54) is 0 Å². The topological polar surface area (TPSA) is 70.0 Å². The summed E-state index contributed by atoms with van der Waals surface area (Å²) in [5.41, 5.74) is 6.48. The molecule has 0 aliphatic rings. The van der Waals surface area contributed by atoms with Crippen LogP contribution in [-0.4, -0.2) is 34.2 Å². The molecule has 3 aromatic carbocycles. The molecule has 0 radical (unpaired) electrons. The maximum atomic E-state index is 5.31. The van der Waals surface area contributed by atoms with Crippen molar-refractivity contribution < 1.29 is 9.47 Å². The number of benzene rings is 3. The molecule has 0 spiro atoms. The third-order valence-corrected chi connectivity index (χ3v) is 5.00. The molecule has 0 unspecified atom stereocenters. The van der Waals surface area contributed by atoms with Gasteiger partial charge in [-0.15, -0.1) is 0 Å². The molecule has 0 atom stereocenters. The molecule has 5 rings (SSSR count). The lowest BCUT2D eigenvalue weighted by Crippen LogP contribution is -1.97. The van der Waals surface area contributed by atoms with Gasteiger partial charge in [0.25, 0.3) is 0 Å². The van der Waals surface area contributed by atoms with E-state index < -0.39 is 0 Å². The minimum Gasteiger partial charge on any atom is -0.497 e. The van der Waals surface area contributed by atoms with Crippen LogP contribution in [0.25, 0.3) is 44.6 Å². The second-order valence-electron chi connectivity index (χ2n) is 6.74. The fraction of sp³-hybridized carbons (Fsp3) is 0.0833. The summed E-state index contributed by atoms with van der Waals surface area (Å²) in [6, 6.07) is 19.5. The van der Waals surface area contributed by atoms with Crippen LogP contribution in [0.2, 0.25) is 0 Å². The number of nitrogens with zero attached hydrogens (tertiary/aromatic N) is 4. The summed E-state index contributed by atoms with van der Waals surface area (Å²) in [6.45, 7) is 0. The quantitative estimate of drug-likeness (QED) is 0.403. The zero-order chi connectivity index (χ0) is 20.5. The second-order valence-corrected chi connectivity index (χ2v) is 6.74. The highest BCUT2D eigenvalue weighted by Gasteiger charge is 2.16. The fourth-order valence-corrected chi connectivity index (χ4v) is 3.45. The number of hydrogen-bond donors (Lipinski definition) is 0. The molecule has 146 valence electrons. The van der Waals surface area contributed by atoms with Gasteiger partial charge in [0.05, 0.1) is 36.6 Å². The Morgan fingerprint density at radius 1 is 0.533 bits per heavy atom. The zero-order valence-electron chi connectivity index (χ0n) is 16.5. The Bertz CT molecular complexity index is 1350. The number of aromatic nitrogens is 4. The molecule has 0 aliphatic carbocycles. The Morgan fingerprint density at radius 2 is 1.07 bits per heavy atom. The molecular weight excluding hydrogens is 376 g/mol. The smallest absolute Gasteiger partial charge is 0.118 e. The second kappa shape index (κ2) is 7.40. The summed E-state index contributed by atoms with van der Waals surface area (Å²) >= 11 is 0. The van der Waals surface area contributed by atoms with Crippen LogP contribution in [0.5, 0.6) is 11.5 Å². The van der Waals surface area contributed by atoms with Gasteiger partial charge in [-0.25, -0.2) is 9.97 Å². The maximum Gasteiger partial charge on any atom is 0.118 e. The monoisotopic (exact) mass is 394 g/mol. The first-order valence-electron chi connectivity index (χ1n) is 9.47. The van der Waals surface area contributed by atoms with E-state index in [0.717, 1.165) is 56.1 Å². The van der Waals surface area contributed by atoms with Crippen molar-refractivity contribution in [2.24, 2.45) is 0 Å². The van der Waals surface area contributed by atoms with Gasteiger partial charge in [-0.2, -0.15) is 0 Å². The van der Waals surface area contributed by atoms with Crippen LogP contribution in [-0.2, 0) is 0 Å². The Morgan fingerprint density at radius 3 is 1.67 bits per heavy atom. The highest BCUT2D eigenvalue weighted by Crippen LogP contribution is 2.33. The van der Waals surface area contributed by atoms with Gasteiger partial charge >= 0.3 is 0 Å². The highest BCUT2D eigenvalue weighted by atomic mass is 16.5. The largest absolute Gasteiger partial charge is 0.497 e. The summed E-state index contributed by atoms with van der Waals surface area (Å²) in [6.07, 6.45) is 3.35. The molecule has 0 amide bonds. The van der Waals surface area contributed by atoms with E-state index in [-0.39, 0.29) is 0 Å². The first-order valence-corrected chi connectivity index (χ1v) is 9.47. The maximum absolute atomic E-state index is 5.31. The molecule has 30 heavy (non-hydrogen) atoms. The van der Waals surface area contributed by atoms with E-state index in [4.69, 9.17) is 19.4 Å². The molecule has 0 N–H and O–H groups in total. The Kier molecular flexibility index (Phi) is 4.44. The number of hydrogen-bond acceptors (Lipinski definition) is 6. The first kappa shape index (κ1) is 18.0. The molecule has 0 saturated carbocycles. The fourth-order valence-electron chi connectivity index (χ4n) is 3.45. The molecule has 2 heterocycles. The Balaban J connectivity index is 1.80. The van der Waals surface area contributed by atoms with E-state index in [1.54, 1.807) is 26.6 Å². The van der Waals surface area contributed by atoms with Crippen molar-refractivity contribution in [1.82, 2.24) is 19.9 Å². The third-order valence-electron chi connectivity index (χ3n) is 5.00. The van der Waals surface area contributed by atoms with Gasteiger partial charge in [0.1, 0.15) is 22.5 Å². The van der Waals surface area contributed by atoms with Crippen molar-refractivity contribution in [3.8, 4) is 34.0 Å². The summed E-state index contributed by atoms with van der Waals surface area (Å²) in [4.78, 5) is 18.9. The van der Waals surface area contributed by atoms with Gasteiger partial charge in [-0.05, 0) is 60.7 Å². The Labute approximate surface area is 173 Å². The van der Waals surface area contributed by atoms with Crippen LogP contribution in [0.15, 0.2) is 73.1 Å².